The summed E-state index contributed by atoms with van der Waals surface area (Å²) in [5, 5.41) is 11.3. The van der Waals surface area contributed by atoms with Gasteiger partial charge in [0, 0.05) is 28.6 Å². The van der Waals surface area contributed by atoms with E-state index in [2.05, 4.69) is 0 Å². The Morgan fingerprint density at radius 3 is 2.14 bits per heavy atom. The molecule has 0 saturated carbocycles. The summed E-state index contributed by atoms with van der Waals surface area (Å²) in [6.07, 6.45) is 1.62. The number of unbranched alkanes of at least 4 members (excludes halogenated alkanes) is 1. The molecule has 5 rings (SSSR count). The highest BCUT2D eigenvalue weighted by Gasteiger charge is 2.33. The zero-order valence-electron chi connectivity index (χ0n) is 20.1. The number of rotatable bonds is 7. The number of aromatic carboxylic acids is 1. The van der Waals surface area contributed by atoms with E-state index >= 15 is 0 Å². The normalized spacial score (nSPS) is 12.8. The first-order chi connectivity index (χ1) is 17.5. The molecule has 4 aromatic carbocycles. The lowest BCUT2D eigenvalue weighted by molar-refractivity contribution is 0.0607. The molecule has 0 aromatic heterocycles. The second-order valence-corrected chi connectivity index (χ2v) is 8.77. The lowest BCUT2D eigenvalue weighted by Gasteiger charge is -2.28. The molecule has 1 aliphatic rings. The van der Waals surface area contributed by atoms with Crippen molar-refractivity contribution in [1.82, 2.24) is 4.90 Å². The largest absolute Gasteiger partial charge is 0.497 e. The van der Waals surface area contributed by atoms with Crippen molar-refractivity contribution in [3.05, 3.63) is 89.5 Å². The third-order valence-electron chi connectivity index (χ3n) is 6.69. The highest BCUT2D eigenvalue weighted by Crippen LogP contribution is 2.41. The number of carboxylic acid groups (broad SMARTS) is 1. The topological polar surface area (TPSA) is 83.9 Å². The van der Waals surface area contributed by atoms with Gasteiger partial charge >= 0.3 is 5.97 Å². The van der Waals surface area contributed by atoms with E-state index < -0.39 is 5.97 Å². The average molecular weight is 480 g/mol. The van der Waals surface area contributed by atoms with Crippen LogP contribution in [0.5, 0.6) is 5.75 Å². The third kappa shape index (κ3) is 3.71. The molecule has 0 aliphatic carbocycles. The fourth-order valence-electron chi connectivity index (χ4n) is 4.92. The smallest absolute Gasteiger partial charge is 0.336 e. The van der Waals surface area contributed by atoms with Crippen LogP contribution >= 0.6 is 0 Å². The fourth-order valence-corrected chi connectivity index (χ4v) is 4.92. The Labute approximate surface area is 208 Å². The number of ether oxygens (including phenoxy) is 1. The van der Waals surface area contributed by atoms with Crippen LogP contribution in [0.2, 0.25) is 0 Å². The number of nitrogens with zero attached hydrogens (tertiary/aromatic N) is 1. The average Bonchev–Trinajstić information content (AvgIpc) is 2.91. The van der Waals surface area contributed by atoms with Crippen LogP contribution in [0.3, 0.4) is 0 Å². The molecule has 0 atom stereocenters. The van der Waals surface area contributed by atoms with Crippen LogP contribution in [-0.4, -0.2) is 41.4 Å². The first kappa shape index (κ1) is 23.3. The van der Waals surface area contributed by atoms with E-state index in [4.69, 9.17) is 4.74 Å². The molecule has 0 bridgehead atoms. The molecule has 0 fully saturated rings. The Morgan fingerprint density at radius 1 is 0.833 bits per heavy atom. The molecule has 6 nitrogen and oxygen atoms in total. The minimum atomic E-state index is -1.04. The Balaban J connectivity index is 1.76. The number of methoxy groups -OCH3 is 1. The first-order valence-corrected chi connectivity index (χ1v) is 11.9. The van der Waals surface area contributed by atoms with Crippen LogP contribution in [0, 0.1) is 0 Å². The van der Waals surface area contributed by atoms with Gasteiger partial charge < -0.3 is 9.84 Å². The second kappa shape index (κ2) is 9.30. The van der Waals surface area contributed by atoms with E-state index in [-0.39, 0.29) is 17.4 Å². The van der Waals surface area contributed by atoms with Crippen molar-refractivity contribution < 1.29 is 24.2 Å². The fraction of sp³-hybridized carbons (Fsp3) is 0.167. The molecule has 4 aromatic rings. The predicted octanol–water partition coefficient (Wildman–Crippen LogP) is 6.28. The number of hydrogen-bond donors (Lipinski definition) is 1. The lowest BCUT2D eigenvalue weighted by Crippen LogP contribution is -2.40. The highest BCUT2D eigenvalue weighted by atomic mass is 16.5. The van der Waals surface area contributed by atoms with E-state index in [0.717, 1.165) is 29.4 Å². The summed E-state index contributed by atoms with van der Waals surface area (Å²) in [4.78, 5) is 40.1. The molecule has 6 heteroatoms. The van der Waals surface area contributed by atoms with Gasteiger partial charge in [-0.1, -0.05) is 55.8 Å². The van der Waals surface area contributed by atoms with Crippen LogP contribution in [0.25, 0.3) is 33.0 Å². The molecule has 36 heavy (non-hydrogen) atoms. The van der Waals surface area contributed by atoms with Crippen LogP contribution < -0.4 is 4.74 Å². The standard InChI is InChI=1S/C30H25NO5/c1-3-4-17-31-28(32)23-9-5-8-22-20(15-16-24(27(22)23)29(31)33)21-7-6-10-25(30(34)35)26(21)18-11-13-19(36-2)14-12-18/h5-16H,3-4,17H2,1-2H3,(H,34,35). The van der Waals surface area contributed by atoms with E-state index in [0.29, 0.717) is 39.9 Å². The van der Waals surface area contributed by atoms with Crippen molar-refractivity contribution >= 4 is 28.6 Å². The minimum Gasteiger partial charge on any atom is -0.497 e. The maximum absolute atomic E-state index is 13.3. The SMILES string of the molecule is CCCCN1C(=O)c2cccc3c(-c4cccc(C(=O)O)c4-c4ccc(OC)cc4)ccc(c23)C1=O. The van der Waals surface area contributed by atoms with Gasteiger partial charge in [-0.2, -0.15) is 0 Å². The van der Waals surface area contributed by atoms with Crippen molar-refractivity contribution in [1.29, 1.82) is 0 Å². The maximum atomic E-state index is 13.3. The Bertz CT molecular complexity index is 1500. The van der Waals surface area contributed by atoms with Gasteiger partial charge in [-0.25, -0.2) is 4.79 Å². The summed E-state index contributed by atoms with van der Waals surface area (Å²) >= 11 is 0. The van der Waals surface area contributed by atoms with E-state index in [1.807, 2.05) is 43.3 Å². The molecule has 0 spiro atoms. The minimum absolute atomic E-state index is 0.163. The van der Waals surface area contributed by atoms with E-state index in [9.17, 15) is 19.5 Å². The van der Waals surface area contributed by atoms with Gasteiger partial charge in [0.05, 0.1) is 12.7 Å². The van der Waals surface area contributed by atoms with Gasteiger partial charge in [0.15, 0.2) is 0 Å². The predicted molar refractivity (Wildman–Crippen MR) is 139 cm³/mol. The molecule has 1 heterocycles. The zero-order chi connectivity index (χ0) is 25.4. The molecular formula is C30H25NO5. The number of hydrogen-bond acceptors (Lipinski definition) is 4. The summed E-state index contributed by atoms with van der Waals surface area (Å²) in [7, 11) is 1.58. The van der Waals surface area contributed by atoms with Gasteiger partial charge in [-0.3, -0.25) is 14.5 Å². The van der Waals surface area contributed by atoms with E-state index in [1.165, 1.54) is 4.90 Å². The highest BCUT2D eigenvalue weighted by molar-refractivity contribution is 6.27. The molecule has 1 N–H and O–H groups in total. The van der Waals surface area contributed by atoms with Crippen LogP contribution in [-0.2, 0) is 0 Å². The van der Waals surface area contributed by atoms with Crippen LogP contribution in [0.15, 0.2) is 72.8 Å². The maximum Gasteiger partial charge on any atom is 0.336 e. The Kier molecular flexibility index (Phi) is 6.02. The molecule has 1 aliphatic heterocycles. The quantitative estimate of drug-likeness (QED) is 0.316. The van der Waals surface area contributed by atoms with Crippen molar-refractivity contribution in [2.75, 3.05) is 13.7 Å². The molecule has 2 amide bonds. The number of amides is 2. The third-order valence-corrected chi connectivity index (χ3v) is 6.69. The number of carbonyl (C=O) groups is 3. The van der Waals surface area contributed by atoms with Crippen molar-refractivity contribution in [2.24, 2.45) is 0 Å². The van der Waals surface area contributed by atoms with Crippen molar-refractivity contribution in [2.45, 2.75) is 19.8 Å². The first-order valence-electron chi connectivity index (χ1n) is 11.9. The van der Waals surface area contributed by atoms with Crippen molar-refractivity contribution in [3.8, 4) is 28.0 Å². The van der Waals surface area contributed by atoms with Gasteiger partial charge in [0.25, 0.3) is 11.8 Å². The zero-order valence-corrected chi connectivity index (χ0v) is 20.1. The summed E-state index contributed by atoms with van der Waals surface area (Å²) < 4.78 is 5.27. The number of imide groups is 1. The van der Waals surface area contributed by atoms with E-state index in [1.54, 1.807) is 43.5 Å². The summed E-state index contributed by atoms with van der Waals surface area (Å²) in [6, 6.07) is 21.4. The summed E-state index contributed by atoms with van der Waals surface area (Å²) in [6.45, 7) is 2.40. The lowest BCUT2D eigenvalue weighted by atomic mass is 9.85. The van der Waals surface area contributed by atoms with Gasteiger partial charge in [-0.05, 0) is 58.8 Å². The molecule has 0 saturated heterocycles. The van der Waals surface area contributed by atoms with Crippen LogP contribution in [0.1, 0.15) is 50.8 Å². The summed E-state index contributed by atoms with van der Waals surface area (Å²) in [5.74, 6) is -0.960. The molecule has 0 unspecified atom stereocenters. The second-order valence-electron chi connectivity index (χ2n) is 8.77. The number of carbonyl (C=O) groups excluding carboxylic acids is 2. The Morgan fingerprint density at radius 2 is 1.47 bits per heavy atom. The van der Waals surface area contributed by atoms with Crippen LogP contribution in [0.4, 0.5) is 0 Å². The Hall–Kier alpha value is -4.45. The number of carboxylic acids is 1. The molecule has 0 radical (unpaired) electrons. The van der Waals surface area contributed by atoms with Gasteiger partial charge in [0.2, 0.25) is 0 Å². The van der Waals surface area contributed by atoms with Gasteiger partial charge in [-0.15, -0.1) is 0 Å². The van der Waals surface area contributed by atoms with Crippen molar-refractivity contribution in [3.63, 3.8) is 0 Å². The molecule has 180 valence electrons. The molecular weight excluding hydrogens is 454 g/mol. The van der Waals surface area contributed by atoms with Gasteiger partial charge in [0.1, 0.15) is 5.75 Å². The summed E-state index contributed by atoms with van der Waals surface area (Å²) in [5.41, 5.74) is 3.88. The number of benzene rings is 4. The monoisotopic (exact) mass is 479 g/mol.